The van der Waals surface area contributed by atoms with E-state index in [0.717, 1.165) is 0 Å². The molecule has 1 aromatic rings. The molecular weight excluding hydrogens is 585 g/mol. The Morgan fingerprint density at radius 3 is 2.19 bits per heavy atom. The Balaban J connectivity index is 1.99. The first kappa shape index (κ1) is 35.6. The number of esters is 3. The van der Waals surface area contributed by atoms with E-state index in [9.17, 15) is 28.8 Å². The molecule has 1 amide bonds. The third kappa shape index (κ3) is 9.70. The highest BCUT2D eigenvalue weighted by Crippen LogP contribution is 2.42. The Hall–Kier alpha value is -3.61. The molecule has 1 aromatic carbocycles. The molecule has 0 unspecified atom stereocenters. The van der Waals surface area contributed by atoms with Crippen LogP contribution in [0.5, 0.6) is 11.5 Å². The van der Waals surface area contributed by atoms with Crippen LogP contribution in [0.15, 0.2) is 11.6 Å². The number of aromatic hydroxyl groups is 1. The predicted molar refractivity (Wildman–Crippen MR) is 156 cm³/mol. The Bertz CT molecular complexity index is 1250. The van der Waals surface area contributed by atoms with Crippen molar-refractivity contribution in [3.05, 3.63) is 33.9 Å². The number of phenolic OH excluding ortho intramolecular Hbond substituents is 1. The van der Waals surface area contributed by atoms with Crippen molar-refractivity contribution in [2.24, 2.45) is 0 Å². The van der Waals surface area contributed by atoms with Crippen LogP contribution >= 0.6 is 7.44 Å². The highest BCUT2D eigenvalue weighted by molar-refractivity contribution is 7.60. The second-order valence-corrected chi connectivity index (χ2v) is 12.3. The van der Waals surface area contributed by atoms with Crippen molar-refractivity contribution in [1.29, 1.82) is 0 Å². The Morgan fingerprint density at radius 1 is 1.07 bits per heavy atom. The van der Waals surface area contributed by atoms with Gasteiger partial charge in [0, 0.05) is 23.8 Å². The smallest absolute Gasteiger partial charge is 0.407 e. The van der Waals surface area contributed by atoms with Crippen molar-refractivity contribution in [1.82, 2.24) is 15.5 Å². The molecule has 0 spiro atoms. The number of alkyl carbamates (subject to hydrolysis) is 1. The minimum absolute atomic E-state index is 0.0679. The van der Waals surface area contributed by atoms with Crippen LogP contribution in [0.3, 0.4) is 0 Å². The maximum atomic E-state index is 13.6. The lowest BCUT2D eigenvalue weighted by Crippen LogP contribution is -2.43. The molecule has 2 atom stereocenters. The van der Waals surface area contributed by atoms with E-state index in [2.05, 4.69) is 15.5 Å². The molecule has 0 saturated heterocycles. The number of fused-ring (bicyclic) bond motifs is 1. The van der Waals surface area contributed by atoms with Crippen LogP contribution in [0.2, 0.25) is 0 Å². The SMILES string of the molecule is CCOC(=O)[C@H](C)NP(=O)(CCNC(=O)OC/C(C)=C/Cc1c(O)c2c(c(C)c1OC)COC2=O)N[C@@H](C)C(=O)OCC. The van der Waals surface area contributed by atoms with Gasteiger partial charge in [0.1, 0.15) is 42.4 Å². The van der Waals surface area contributed by atoms with Crippen molar-refractivity contribution in [2.45, 2.75) is 66.7 Å². The number of benzene rings is 1. The monoisotopic (exact) mass is 627 g/mol. The minimum atomic E-state index is -3.60. The number of allylic oxidation sites excluding steroid dienone is 1. The molecule has 0 fully saturated rings. The molecule has 2 rings (SSSR count). The topological polar surface area (TPSA) is 188 Å². The van der Waals surface area contributed by atoms with E-state index in [1.54, 1.807) is 33.8 Å². The predicted octanol–water partition coefficient (Wildman–Crippen LogP) is 2.87. The highest BCUT2D eigenvalue weighted by atomic mass is 31.2. The summed E-state index contributed by atoms with van der Waals surface area (Å²) in [6.07, 6.45) is 0.981. The average Bonchev–Trinajstić information content (AvgIpc) is 3.34. The lowest BCUT2D eigenvalue weighted by molar-refractivity contribution is -0.145. The van der Waals surface area contributed by atoms with Crippen LogP contribution in [0.4, 0.5) is 4.79 Å². The second-order valence-electron chi connectivity index (χ2n) is 9.84. The van der Waals surface area contributed by atoms with Gasteiger partial charge in [-0.3, -0.25) is 14.2 Å². The largest absolute Gasteiger partial charge is 0.507 e. The number of rotatable bonds is 16. The highest BCUT2D eigenvalue weighted by Gasteiger charge is 2.33. The lowest BCUT2D eigenvalue weighted by Gasteiger charge is -2.26. The summed E-state index contributed by atoms with van der Waals surface area (Å²) in [5.41, 5.74) is 2.48. The van der Waals surface area contributed by atoms with Crippen molar-refractivity contribution < 1.29 is 52.5 Å². The molecule has 1 aliphatic heterocycles. The number of carbonyl (C=O) groups is 4. The van der Waals surface area contributed by atoms with Gasteiger partial charge in [-0.05, 0) is 59.1 Å². The van der Waals surface area contributed by atoms with E-state index in [-0.39, 0.29) is 56.9 Å². The van der Waals surface area contributed by atoms with Crippen LogP contribution in [-0.4, -0.2) is 80.8 Å². The van der Waals surface area contributed by atoms with Gasteiger partial charge in [-0.15, -0.1) is 0 Å². The van der Waals surface area contributed by atoms with E-state index in [0.29, 0.717) is 28.0 Å². The molecule has 0 aromatic heterocycles. The summed E-state index contributed by atoms with van der Waals surface area (Å²) in [6.45, 7) is 9.89. The normalized spacial score (nSPS) is 14.3. The quantitative estimate of drug-likeness (QED) is 0.0907. The van der Waals surface area contributed by atoms with Crippen molar-refractivity contribution in [2.75, 3.05) is 39.6 Å². The van der Waals surface area contributed by atoms with E-state index >= 15 is 0 Å². The van der Waals surface area contributed by atoms with Gasteiger partial charge in [0.05, 0.1) is 20.3 Å². The molecule has 0 saturated carbocycles. The summed E-state index contributed by atoms with van der Waals surface area (Å²) < 4.78 is 39.3. The Morgan fingerprint density at radius 2 is 1.65 bits per heavy atom. The van der Waals surface area contributed by atoms with E-state index in [1.165, 1.54) is 21.0 Å². The van der Waals surface area contributed by atoms with Gasteiger partial charge < -0.3 is 34.1 Å². The summed E-state index contributed by atoms with van der Waals surface area (Å²) in [5, 5.41) is 18.6. The summed E-state index contributed by atoms with van der Waals surface area (Å²) in [4.78, 5) is 48.6. The number of cyclic esters (lactones) is 1. The minimum Gasteiger partial charge on any atom is -0.507 e. The first-order valence-corrected chi connectivity index (χ1v) is 15.8. The average molecular weight is 628 g/mol. The molecule has 4 N–H and O–H groups in total. The van der Waals surface area contributed by atoms with Gasteiger partial charge in [-0.1, -0.05) is 6.08 Å². The number of amides is 1. The maximum absolute atomic E-state index is 13.6. The molecule has 0 bridgehead atoms. The number of methoxy groups -OCH3 is 1. The van der Waals surface area contributed by atoms with Crippen molar-refractivity contribution in [3.63, 3.8) is 0 Å². The van der Waals surface area contributed by atoms with Crippen LogP contribution in [0, 0.1) is 6.92 Å². The lowest BCUT2D eigenvalue weighted by atomic mass is 9.95. The van der Waals surface area contributed by atoms with Crippen molar-refractivity contribution in [3.8, 4) is 11.5 Å². The van der Waals surface area contributed by atoms with Crippen LogP contribution in [-0.2, 0) is 46.1 Å². The summed E-state index contributed by atoms with van der Waals surface area (Å²) >= 11 is 0. The fourth-order valence-corrected chi connectivity index (χ4v) is 6.56. The molecule has 0 radical (unpaired) electrons. The van der Waals surface area contributed by atoms with Gasteiger partial charge in [-0.25, -0.2) is 19.8 Å². The summed E-state index contributed by atoms with van der Waals surface area (Å²) in [5.74, 6) is -1.60. The third-order valence-electron chi connectivity index (χ3n) is 6.51. The molecule has 1 heterocycles. The number of ether oxygens (including phenoxy) is 5. The number of nitrogens with one attached hydrogen (secondary N) is 3. The molecule has 0 aliphatic carbocycles. The fourth-order valence-electron chi connectivity index (χ4n) is 4.34. The molecule has 15 heteroatoms. The summed E-state index contributed by atoms with van der Waals surface area (Å²) in [6, 6.07) is -1.91. The Labute approximate surface area is 251 Å². The van der Waals surface area contributed by atoms with Crippen LogP contribution in [0.1, 0.15) is 61.7 Å². The van der Waals surface area contributed by atoms with Crippen molar-refractivity contribution >= 4 is 31.4 Å². The molecular formula is C28H42N3O11P. The van der Waals surface area contributed by atoms with Crippen LogP contribution in [0.25, 0.3) is 0 Å². The zero-order valence-electron chi connectivity index (χ0n) is 25.7. The second kappa shape index (κ2) is 16.3. The van der Waals surface area contributed by atoms with E-state index < -0.39 is 43.5 Å². The van der Waals surface area contributed by atoms with Gasteiger partial charge >= 0.3 is 24.0 Å². The van der Waals surface area contributed by atoms with Gasteiger partial charge in [-0.2, -0.15) is 0 Å². The number of phenols is 1. The van der Waals surface area contributed by atoms with E-state index in [1.807, 2.05) is 0 Å². The Kier molecular flexibility index (Phi) is 13.5. The molecule has 43 heavy (non-hydrogen) atoms. The summed E-state index contributed by atoms with van der Waals surface area (Å²) in [7, 11) is -2.13. The maximum Gasteiger partial charge on any atom is 0.407 e. The fraction of sp³-hybridized carbons (Fsp3) is 0.571. The zero-order valence-corrected chi connectivity index (χ0v) is 26.6. The van der Waals surface area contributed by atoms with Gasteiger partial charge in [0.15, 0.2) is 0 Å². The van der Waals surface area contributed by atoms with E-state index in [4.69, 9.17) is 23.7 Å². The molecule has 14 nitrogen and oxygen atoms in total. The third-order valence-corrected chi connectivity index (χ3v) is 8.98. The first-order valence-electron chi connectivity index (χ1n) is 13.9. The number of hydrogen-bond donors (Lipinski definition) is 4. The van der Waals surface area contributed by atoms with Crippen LogP contribution < -0.4 is 20.2 Å². The van der Waals surface area contributed by atoms with Gasteiger partial charge in [0.25, 0.3) is 0 Å². The number of hydrogen-bond acceptors (Lipinski definition) is 11. The first-order chi connectivity index (χ1) is 20.3. The number of carbonyl (C=O) groups excluding carboxylic acids is 4. The zero-order chi connectivity index (χ0) is 32.3. The van der Waals surface area contributed by atoms with Gasteiger partial charge in [0.2, 0.25) is 7.44 Å². The molecule has 240 valence electrons. The standard InChI is InChI=1S/C28H42N3O11P/c1-8-39-25(33)18(5)30-43(37,31-19(6)26(34)40-9-2)13-12-29-28(36)42-14-16(3)10-11-20-23(32)22-21(15-41-27(22)35)17(4)24(20)38-7/h10,18-19,32H,8-9,11-15H2,1-7H3,(H,29,36)(H2,30,31,37)/b16-10+/t18-,19-/m0/s1. The molecule has 1 aliphatic rings.